The highest BCUT2D eigenvalue weighted by atomic mass is 32.2. The molecular formula is C44H58N3O10PS. The van der Waals surface area contributed by atoms with E-state index < -0.39 is 48.4 Å². The summed E-state index contributed by atoms with van der Waals surface area (Å²) in [5.74, 6) is 1.60. The van der Waals surface area contributed by atoms with Crippen LogP contribution in [-0.2, 0) is 33.5 Å². The predicted molar refractivity (Wildman–Crippen MR) is 230 cm³/mol. The van der Waals surface area contributed by atoms with Gasteiger partial charge in [-0.15, -0.1) is 0 Å². The van der Waals surface area contributed by atoms with Gasteiger partial charge >= 0.3 is 13.4 Å². The average Bonchev–Trinajstić information content (AvgIpc) is 3.59. The van der Waals surface area contributed by atoms with Crippen molar-refractivity contribution in [2.45, 2.75) is 97.9 Å². The minimum Gasteiger partial charge on any atom is -0.497 e. The number of aromatic amines is 1. The third-order valence-corrected chi connectivity index (χ3v) is 13.8. The molecule has 320 valence electrons. The van der Waals surface area contributed by atoms with E-state index in [1.54, 1.807) is 25.8 Å². The molecule has 0 amide bonds. The van der Waals surface area contributed by atoms with Crippen LogP contribution in [0.2, 0.25) is 0 Å². The van der Waals surface area contributed by atoms with Gasteiger partial charge in [0.15, 0.2) is 5.12 Å². The molecule has 1 aliphatic heterocycles. The summed E-state index contributed by atoms with van der Waals surface area (Å²) in [6.45, 7) is 14.6. The number of hydrogen-bond donors (Lipinski definition) is 1. The fourth-order valence-corrected chi connectivity index (χ4v) is 10.4. The van der Waals surface area contributed by atoms with Gasteiger partial charge in [0.25, 0.3) is 5.56 Å². The maximum absolute atomic E-state index is 15.3. The van der Waals surface area contributed by atoms with Crippen molar-refractivity contribution in [3.8, 4) is 11.5 Å². The molecular weight excluding hydrogens is 794 g/mol. The first-order valence-corrected chi connectivity index (χ1v) is 22.3. The van der Waals surface area contributed by atoms with E-state index in [4.69, 9.17) is 28.0 Å². The zero-order valence-electron chi connectivity index (χ0n) is 35.6. The molecule has 15 heteroatoms. The first-order chi connectivity index (χ1) is 27.9. The third-order valence-electron chi connectivity index (χ3n) is 10.1. The van der Waals surface area contributed by atoms with Crippen LogP contribution in [-0.4, -0.2) is 76.8 Å². The fraction of sp³-hybridized carbons (Fsp3) is 0.477. The van der Waals surface area contributed by atoms with Crippen LogP contribution in [0.5, 0.6) is 11.5 Å². The highest BCUT2D eigenvalue weighted by Gasteiger charge is 2.48. The van der Waals surface area contributed by atoms with Crippen LogP contribution < -0.4 is 20.7 Å². The Bertz CT molecular complexity index is 2110. The van der Waals surface area contributed by atoms with E-state index >= 15 is 4.57 Å². The van der Waals surface area contributed by atoms with Crippen LogP contribution in [0.4, 0.5) is 0 Å². The van der Waals surface area contributed by atoms with Crippen LogP contribution in [0.1, 0.15) is 83.4 Å². The van der Waals surface area contributed by atoms with E-state index in [1.807, 2.05) is 127 Å². The van der Waals surface area contributed by atoms with Crippen molar-refractivity contribution in [2.75, 3.05) is 33.2 Å². The number of carbonyl (C=O) groups is 1. The third kappa shape index (κ3) is 10.7. The summed E-state index contributed by atoms with van der Waals surface area (Å²) in [4.78, 5) is 40.8. The second kappa shape index (κ2) is 19.6. The maximum atomic E-state index is 15.3. The van der Waals surface area contributed by atoms with E-state index in [0.29, 0.717) is 17.1 Å². The van der Waals surface area contributed by atoms with Crippen LogP contribution in [0.25, 0.3) is 0 Å². The summed E-state index contributed by atoms with van der Waals surface area (Å²) >= 11 is 1.12. The van der Waals surface area contributed by atoms with Crippen LogP contribution in [0.3, 0.4) is 0 Å². The summed E-state index contributed by atoms with van der Waals surface area (Å²) in [7, 11) is -0.921. The number of aryl methyl sites for hydroxylation is 1. The zero-order valence-corrected chi connectivity index (χ0v) is 37.3. The van der Waals surface area contributed by atoms with Crippen molar-refractivity contribution in [1.29, 1.82) is 0 Å². The van der Waals surface area contributed by atoms with Gasteiger partial charge in [-0.3, -0.25) is 28.2 Å². The molecule has 3 aromatic carbocycles. The number of rotatable bonds is 18. The SMILES string of the molecule is COc1ccc(C(OC[C@H]2O[C@@H](n3cc(C)c(=O)[nH]c3=O)C[C@@H]2OP(=O)(OCCSC(=O)C(C)(C)C)N(C(C)C)C(C)C)(c2ccccc2)c2ccc(OC)cc2)cc1. The van der Waals surface area contributed by atoms with Gasteiger partial charge in [0.2, 0.25) is 0 Å². The van der Waals surface area contributed by atoms with E-state index in [9.17, 15) is 14.4 Å². The number of aromatic nitrogens is 2. The Morgan fingerprint density at radius 2 is 1.44 bits per heavy atom. The minimum absolute atomic E-state index is 0.0112. The average molecular weight is 852 g/mol. The lowest BCUT2D eigenvalue weighted by molar-refractivity contribution is -0.117. The Balaban J connectivity index is 1.60. The van der Waals surface area contributed by atoms with Crippen LogP contribution in [0, 0.1) is 12.3 Å². The Labute approximate surface area is 351 Å². The van der Waals surface area contributed by atoms with Crippen molar-refractivity contribution in [1.82, 2.24) is 14.2 Å². The van der Waals surface area contributed by atoms with E-state index in [1.165, 1.54) is 10.8 Å². The lowest BCUT2D eigenvalue weighted by atomic mass is 9.80. The molecule has 5 rings (SSSR count). The first-order valence-electron chi connectivity index (χ1n) is 19.8. The molecule has 0 aliphatic carbocycles. The molecule has 0 saturated carbocycles. The number of nitrogens with one attached hydrogen (secondary N) is 1. The fourth-order valence-electron chi connectivity index (χ4n) is 7.20. The standard InChI is InChI=1S/C44H58N3O10PS/c1-29(2)47(30(3)4)58(51,55-24-25-59-41(49)43(6,7)8)57-37-26-39(46-27-31(5)40(48)45-42(46)50)56-38(37)28-54-44(32-14-12-11-13-15-32,33-16-20-35(52-9)21-17-33)34-18-22-36(53-10)23-19-34/h11-23,27,29-30,37-39H,24-26,28H2,1-10H3,(H,45,48,50)/t37-,38+,39+,58?/m0/s1. The highest BCUT2D eigenvalue weighted by Crippen LogP contribution is 2.57. The van der Waals surface area contributed by atoms with Crippen LogP contribution in [0.15, 0.2) is 94.6 Å². The zero-order chi connectivity index (χ0) is 43.1. The number of carbonyl (C=O) groups excluding carboxylic acids is 1. The van der Waals surface area contributed by atoms with Gasteiger partial charge in [-0.2, -0.15) is 0 Å². The van der Waals surface area contributed by atoms with Crippen LogP contribution >= 0.6 is 19.5 Å². The molecule has 0 spiro atoms. The Hall–Kier alpha value is -4.01. The van der Waals surface area contributed by atoms with Gasteiger partial charge in [0, 0.05) is 41.4 Å². The molecule has 13 nitrogen and oxygen atoms in total. The maximum Gasteiger partial charge on any atom is 0.409 e. The van der Waals surface area contributed by atoms with Crippen molar-refractivity contribution in [3.63, 3.8) is 0 Å². The topological polar surface area (TPSA) is 148 Å². The molecule has 1 unspecified atom stereocenters. The molecule has 4 atom stereocenters. The lowest BCUT2D eigenvalue weighted by Gasteiger charge is -2.39. The number of ether oxygens (including phenoxy) is 4. The van der Waals surface area contributed by atoms with Crippen molar-refractivity contribution in [3.05, 3.63) is 128 Å². The highest BCUT2D eigenvalue weighted by molar-refractivity contribution is 8.13. The summed E-state index contributed by atoms with van der Waals surface area (Å²) in [5.41, 5.74) is -0.239. The second-order valence-electron chi connectivity index (χ2n) is 16.1. The number of methoxy groups -OCH3 is 2. The largest absolute Gasteiger partial charge is 0.497 e. The quantitative estimate of drug-likeness (QED) is 0.0586. The number of benzene rings is 3. The van der Waals surface area contributed by atoms with E-state index in [2.05, 4.69) is 4.98 Å². The first kappa shape index (κ1) is 46.1. The van der Waals surface area contributed by atoms with Gasteiger partial charge in [-0.05, 0) is 75.6 Å². The molecule has 2 heterocycles. The van der Waals surface area contributed by atoms with Gasteiger partial charge in [0.05, 0.1) is 27.4 Å². The Morgan fingerprint density at radius 1 is 0.898 bits per heavy atom. The van der Waals surface area contributed by atoms with E-state index in [-0.39, 0.29) is 42.6 Å². The number of H-pyrrole nitrogens is 1. The Kier molecular flexibility index (Phi) is 15.3. The summed E-state index contributed by atoms with van der Waals surface area (Å²) < 4.78 is 56.1. The normalized spacial score (nSPS) is 18.4. The summed E-state index contributed by atoms with van der Waals surface area (Å²) in [6, 6.07) is 24.5. The minimum atomic E-state index is -4.13. The molecule has 1 fully saturated rings. The molecule has 4 aromatic rings. The van der Waals surface area contributed by atoms with E-state index in [0.717, 1.165) is 28.5 Å². The molecule has 1 saturated heterocycles. The molecule has 59 heavy (non-hydrogen) atoms. The molecule has 0 radical (unpaired) electrons. The van der Waals surface area contributed by atoms with Crippen molar-refractivity contribution in [2.24, 2.45) is 5.41 Å². The molecule has 1 aromatic heterocycles. The molecule has 0 bridgehead atoms. The summed E-state index contributed by atoms with van der Waals surface area (Å²) in [5, 5.41) is -0.0112. The molecule has 1 N–H and O–H groups in total. The number of nitrogens with zero attached hydrogens (tertiary/aromatic N) is 2. The monoisotopic (exact) mass is 851 g/mol. The molecule has 1 aliphatic rings. The van der Waals surface area contributed by atoms with Crippen molar-refractivity contribution >= 4 is 24.6 Å². The van der Waals surface area contributed by atoms with Gasteiger partial charge in [-0.1, -0.05) is 87.1 Å². The smallest absolute Gasteiger partial charge is 0.409 e. The van der Waals surface area contributed by atoms with Gasteiger partial charge in [-0.25, -0.2) is 14.0 Å². The lowest BCUT2D eigenvalue weighted by Crippen LogP contribution is -2.40. The summed E-state index contributed by atoms with van der Waals surface area (Å²) in [6.07, 6.45) is -1.26. The predicted octanol–water partition coefficient (Wildman–Crippen LogP) is 8.09. The van der Waals surface area contributed by atoms with Crippen molar-refractivity contribution < 1.29 is 37.4 Å². The van der Waals surface area contributed by atoms with Gasteiger partial charge in [0.1, 0.15) is 35.5 Å². The number of thioether (sulfide) groups is 1. The number of hydrogen-bond acceptors (Lipinski definition) is 11. The second-order valence-corrected chi connectivity index (χ2v) is 19.0. The Morgan fingerprint density at radius 3 is 1.95 bits per heavy atom. The van der Waals surface area contributed by atoms with Gasteiger partial charge < -0.3 is 18.9 Å².